The highest BCUT2D eigenvalue weighted by Gasteiger charge is 2.51. The lowest BCUT2D eigenvalue weighted by Crippen LogP contribution is -2.29. The van der Waals surface area contributed by atoms with E-state index in [-0.39, 0.29) is 16.2 Å². The van der Waals surface area contributed by atoms with E-state index >= 15 is 0 Å². The van der Waals surface area contributed by atoms with Gasteiger partial charge in [0.2, 0.25) is 0 Å². The summed E-state index contributed by atoms with van der Waals surface area (Å²) in [5.74, 6) is 0. The third-order valence-electron chi connectivity index (χ3n) is 14.7. The van der Waals surface area contributed by atoms with Gasteiger partial charge in [0.05, 0.1) is 16.8 Å². The molecular weight excluding hydrogens is 755 g/mol. The Morgan fingerprint density at radius 1 is 0.426 bits per heavy atom. The van der Waals surface area contributed by atoms with Gasteiger partial charge in [0.1, 0.15) is 0 Å². The fraction of sp³-hybridized carbons (Fsp3) is 0.186. The number of benzene rings is 8. The summed E-state index contributed by atoms with van der Waals surface area (Å²) in [5, 5.41) is 2.63. The maximum Gasteiger partial charge on any atom is 0.0714 e. The predicted octanol–water partition coefficient (Wildman–Crippen LogP) is 16.2. The molecule has 0 bridgehead atoms. The molecule has 0 unspecified atom stereocenters. The fourth-order valence-corrected chi connectivity index (χ4v) is 13.6. The summed E-state index contributed by atoms with van der Waals surface area (Å²) >= 11 is 1.89. The minimum Gasteiger partial charge on any atom is -0.309 e. The molecule has 0 saturated carbocycles. The Morgan fingerprint density at radius 3 is 1.77 bits per heavy atom. The van der Waals surface area contributed by atoms with E-state index in [2.05, 4.69) is 222 Å². The second-order valence-electron chi connectivity index (χ2n) is 19.6. The van der Waals surface area contributed by atoms with Crippen LogP contribution >= 0.6 is 11.3 Å². The highest BCUT2D eigenvalue weighted by Crippen LogP contribution is 2.63. The van der Waals surface area contributed by atoms with Crippen molar-refractivity contribution in [3.05, 3.63) is 220 Å². The summed E-state index contributed by atoms with van der Waals surface area (Å²) in [6, 6.07) is 67.2. The van der Waals surface area contributed by atoms with E-state index in [0.717, 1.165) is 6.42 Å². The fourth-order valence-electron chi connectivity index (χ4n) is 12.4. The zero-order valence-corrected chi connectivity index (χ0v) is 36.6. The average Bonchev–Trinajstić information content (AvgIpc) is 3.92. The Morgan fingerprint density at radius 2 is 1.02 bits per heavy atom. The first-order valence-electron chi connectivity index (χ1n) is 21.9. The minimum atomic E-state index is -0.531. The molecule has 61 heavy (non-hydrogen) atoms. The molecule has 0 atom stereocenters. The van der Waals surface area contributed by atoms with Gasteiger partial charge in [-0.25, -0.2) is 0 Å². The maximum atomic E-state index is 2.64. The van der Waals surface area contributed by atoms with Gasteiger partial charge in [0, 0.05) is 36.8 Å². The molecule has 8 aromatic carbocycles. The van der Waals surface area contributed by atoms with Gasteiger partial charge in [-0.15, -0.1) is 11.3 Å². The molecule has 0 N–H and O–H groups in total. The van der Waals surface area contributed by atoms with Gasteiger partial charge >= 0.3 is 0 Å². The van der Waals surface area contributed by atoms with Crippen LogP contribution in [0.4, 0.5) is 17.1 Å². The second kappa shape index (κ2) is 12.7. The molecule has 0 aliphatic heterocycles. The van der Waals surface area contributed by atoms with Crippen LogP contribution < -0.4 is 4.90 Å². The number of anilines is 3. The van der Waals surface area contributed by atoms with Crippen LogP contribution in [0.15, 0.2) is 176 Å². The molecule has 9 aromatic rings. The van der Waals surface area contributed by atoms with Crippen LogP contribution in [-0.2, 0) is 21.7 Å². The van der Waals surface area contributed by atoms with Crippen molar-refractivity contribution in [1.82, 2.24) is 0 Å². The summed E-state index contributed by atoms with van der Waals surface area (Å²) in [6.45, 7) is 14.7. The number of rotatable bonds is 5. The van der Waals surface area contributed by atoms with Gasteiger partial charge < -0.3 is 4.90 Å². The lowest BCUT2D eigenvalue weighted by molar-refractivity contribution is 0.403. The SMILES string of the molecule is CC1(C)CC(C)(C)c2cc3c(cc21)-c1c(N(c2ccc4c(c2)sc2ccccc24)c2cccc4c2C(C)(C)c2ccccc2-4)cccc1C3(c1ccccc1)c1ccccc1. The molecule has 3 aliphatic carbocycles. The Balaban J connectivity index is 1.23. The van der Waals surface area contributed by atoms with Gasteiger partial charge in [0.25, 0.3) is 0 Å². The van der Waals surface area contributed by atoms with Crippen molar-refractivity contribution in [2.24, 2.45) is 0 Å². The van der Waals surface area contributed by atoms with Crippen molar-refractivity contribution in [2.75, 3.05) is 4.90 Å². The largest absolute Gasteiger partial charge is 0.309 e. The van der Waals surface area contributed by atoms with E-state index in [1.807, 2.05) is 11.3 Å². The number of hydrogen-bond acceptors (Lipinski definition) is 2. The molecule has 0 radical (unpaired) electrons. The van der Waals surface area contributed by atoms with Crippen molar-refractivity contribution in [3.8, 4) is 22.3 Å². The van der Waals surface area contributed by atoms with Crippen molar-refractivity contribution in [1.29, 1.82) is 0 Å². The first kappa shape index (κ1) is 36.6. The summed E-state index contributed by atoms with van der Waals surface area (Å²) in [5.41, 5.74) is 19.3. The van der Waals surface area contributed by atoms with E-state index in [1.165, 1.54) is 104 Å². The highest BCUT2D eigenvalue weighted by atomic mass is 32.1. The molecule has 1 heterocycles. The lowest BCUT2D eigenvalue weighted by atomic mass is 9.67. The predicted molar refractivity (Wildman–Crippen MR) is 260 cm³/mol. The Labute approximate surface area is 364 Å². The first-order chi connectivity index (χ1) is 29.5. The van der Waals surface area contributed by atoms with Gasteiger partial charge in [-0.3, -0.25) is 0 Å². The van der Waals surface area contributed by atoms with E-state index in [4.69, 9.17) is 0 Å². The molecular formula is C59H49NS. The Bertz CT molecular complexity index is 3210. The third-order valence-corrected chi connectivity index (χ3v) is 15.8. The summed E-state index contributed by atoms with van der Waals surface area (Å²) in [7, 11) is 0. The molecule has 0 spiro atoms. The van der Waals surface area contributed by atoms with Crippen molar-refractivity contribution < 1.29 is 0 Å². The average molecular weight is 804 g/mol. The lowest BCUT2D eigenvalue weighted by Gasteiger charge is -2.35. The molecule has 1 nitrogen and oxygen atoms in total. The van der Waals surface area contributed by atoms with Crippen molar-refractivity contribution in [3.63, 3.8) is 0 Å². The van der Waals surface area contributed by atoms with Crippen LogP contribution in [0.5, 0.6) is 0 Å². The standard InChI is InChI=1S/C59H49NS/c1-56(2)36-57(3,4)49-35-47-44(34-48(49)56)54-46(59(47,37-19-9-7-10-20-37)38-21-11-8-12-22-38)27-18-28-50(54)60(39-31-32-42-41-24-14-16-30-52(41)61-53(42)33-39)51-29-17-25-43-40-23-13-15-26-45(40)58(5,6)55(43)51/h7-35H,36H2,1-6H3. The van der Waals surface area contributed by atoms with Crippen LogP contribution in [0.1, 0.15) is 92.5 Å². The van der Waals surface area contributed by atoms with E-state index in [9.17, 15) is 0 Å². The van der Waals surface area contributed by atoms with E-state index in [1.54, 1.807) is 0 Å². The normalized spacial score (nSPS) is 16.8. The molecule has 0 fully saturated rings. The monoisotopic (exact) mass is 803 g/mol. The van der Waals surface area contributed by atoms with Gasteiger partial charge in [-0.1, -0.05) is 181 Å². The van der Waals surface area contributed by atoms with Crippen LogP contribution in [0.25, 0.3) is 42.4 Å². The zero-order valence-electron chi connectivity index (χ0n) is 35.8. The van der Waals surface area contributed by atoms with Crippen molar-refractivity contribution in [2.45, 2.75) is 69.6 Å². The Hall–Kier alpha value is -6.22. The van der Waals surface area contributed by atoms with E-state index < -0.39 is 5.41 Å². The number of nitrogens with zero attached hydrogens (tertiary/aromatic N) is 1. The first-order valence-corrected chi connectivity index (χ1v) is 22.7. The third kappa shape index (κ3) is 4.94. The number of thiophene rings is 1. The molecule has 0 saturated heterocycles. The van der Waals surface area contributed by atoms with Crippen LogP contribution in [-0.4, -0.2) is 0 Å². The topological polar surface area (TPSA) is 3.24 Å². The molecule has 3 aliphatic rings. The number of fused-ring (bicyclic) bond motifs is 10. The number of hydrogen-bond donors (Lipinski definition) is 0. The van der Waals surface area contributed by atoms with Crippen LogP contribution in [0.3, 0.4) is 0 Å². The second-order valence-corrected chi connectivity index (χ2v) is 20.6. The molecule has 2 heteroatoms. The highest BCUT2D eigenvalue weighted by molar-refractivity contribution is 7.25. The van der Waals surface area contributed by atoms with Gasteiger partial charge in [-0.05, 0) is 115 Å². The summed E-state index contributed by atoms with van der Waals surface area (Å²) in [4.78, 5) is 2.63. The van der Waals surface area contributed by atoms with Gasteiger partial charge in [-0.2, -0.15) is 0 Å². The minimum absolute atomic E-state index is 0.0374. The quantitative estimate of drug-likeness (QED) is 0.168. The molecule has 0 amide bonds. The smallest absolute Gasteiger partial charge is 0.0714 e. The molecule has 296 valence electrons. The Kier molecular flexibility index (Phi) is 7.60. The summed E-state index contributed by atoms with van der Waals surface area (Å²) < 4.78 is 2.62. The molecule has 1 aromatic heterocycles. The van der Waals surface area contributed by atoms with Crippen molar-refractivity contribution >= 4 is 48.6 Å². The van der Waals surface area contributed by atoms with Crippen LogP contribution in [0, 0.1) is 0 Å². The van der Waals surface area contributed by atoms with Crippen LogP contribution in [0.2, 0.25) is 0 Å². The zero-order chi connectivity index (χ0) is 41.5. The van der Waals surface area contributed by atoms with Gasteiger partial charge in [0.15, 0.2) is 0 Å². The maximum absolute atomic E-state index is 2.64. The van der Waals surface area contributed by atoms with E-state index in [0.29, 0.717) is 0 Å². The molecule has 12 rings (SSSR count). The summed E-state index contributed by atoms with van der Waals surface area (Å²) in [6.07, 6.45) is 1.11.